The molecule has 0 amide bonds. The van der Waals surface area contributed by atoms with Crippen LogP contribution in [0.2, 0.25) is 5.02 Å². The van der Waals surface area contributed by atoms with Crippen LogP contribution in [0.5, 0.6) is 0 Å². The summed E-state index contributed by atoms with van der Waals surface area (Å²) < 4.78 is 2.06. The lowest BCUT2D eigenvalue weighted by Crippen LogP contribution is -1.99. The standard InChI is InChI=1S/C13H14ClN3/c1-8-2-3-9(6-11(8)14)12-13(15)17(7-16-12)10-4-5-10/h2-3,6-7,10H,4-5,15H2,1H3. The molecular formula is C13H14ClN3. The van der Waals surface area contributed by atoms with Crippen molar-refractivity contribution in [3.05, 3.63) is 35.1 Å². The average molecular weight is 248 g/mol. The molecule has 1 aromatic heterocycles. The molecule has 1 aliphatic carbocycles. The fraction of sp³-hybridized carbons (Fsp3) is 0.308. The third kappa shape index (κ3) is 1.80. The predicted octanol–water partition coefficient (Wildman–Crippen LogP) is 3.43. The molecule has 88 valence electrons. The Hall–Kier alpha value is -1.48. The average Bonchev–Trinajstić information content (AvgIpc) is 3.07. The topological polar surface area (TPSA) is 43.8 Å². The van der Waals surface area contributed by atoms with Crippen LogP contribution in [0.15, 0.2) is 24.5 Å². The van der Waals surface area contributed by atoms with Gasteiger partial charge in [-0.3, -0.25) is 0 Å². The Morgan fingerprint density at radius 1 is 1.41 bits per heavy atom. The summed E-state index contributed by atoms with van der Waals surface area (Å²) in [6.45, 7) is 1.98. The van der Waals surface area contributed by atoms with Crippen molar-refractivity contribution in [2.75, 3.05) is 5.73 Å². The second kappa shape index (κ2) is 3.77. The van der Waals surface area contributed by atoms with Gasteiger partial charge in [-0.25, -0.2) is 4.98 Å². The molecule has 0 atom stereocenters. The van der Waals surface area contributed by atoms with Gasteiger partial charge in [-0.15, -0.1) is 0 Å². The van der Waals surface area contributed by atoms with Gasteiger partial charge in [0, 0.05) is 16.6 Å². The number of hydrogen-bond donors (Lipinski definition) is 1. The Labute approximate surface area is 105 Å². The minimum absolute atomic E-state index is 0.553. The van der Waals surface area contributed by atoms with E-state index < -0.39 is 0 Å². The van der Waals surface area contributed by atoms with Gasteiger partial charge in [-0.05, 0) is 31.4 Å². The van der Waals surface area contributed by atoms with Crippen LogP contribution >= 0.6 is 11.6 Å². The molecule has 3 rings (SSSR count). The molecule has 1 saturated carbocycles. The third-order valence-electron chi connectivity index (χ3n) is 3.22. The maximum atomic E-state index is 6.12. The van der Waals surface area contributed by atoms with Crippen molar-refractivity contribution < 1.29 is 0 Å². The Balaban J connectivity index is 2.05. The lowest BCUT2D eigenvalue weighted by atomic mass is 10.1. The van der Waals surface area contributed by atoms with Crippen LogP contribution in [0.1, 0.15) is 24.4 Å². The van der Waals surface area contributed by atoms with E-state index in [1.54, 1.807) is 0 Å². The lowest BCUT2D eigenvalue weighted by Gasteiger charge is -2.05. The summed E-state index contributed by atoms with van der Waals surface area (Å²) in [7, 11) is 0. The highest BCUT2D eigenvalue weighted by molar-refractivity contribution is 6.31. The lowest BCUT2D eigenvalue weighted by molar-refractivity contribution is 0.751. The molecule has 0 radical (unpaired) electrons. The van der Waals surface area contributed by atoms with Crippen molar-refractivity contribution in [2.45, 2.75) is 25.8 Å². The van der Waals surface area contributed by atoms with Crippen LogP contribution in [0.4, 0.5) is 5.82 Å². The van der Waals surface area contributed by atoms with E-state index in [1.807, 2.05) is 31.5 Å². The maximum absolute atomic E-state index is 6.12. The quantitative estimate of drug-likeness (QED) is 0.884. The van der Waals surface area contributed by atoms with Crippen molar-refractivity contribution in [3.63, 3.8) is 0 Å². The van der Waals surface area contributed by atoms with Crippen LogP contribution < -0.4 is 5.73 Å². The Morgan fingerprint density at radius 2 is 2.18 bits per heavy atom. The molecule has 1 heterocycles. The number of nitrogens with two attached hydrogens (primary N) is 1. The first kappa shape index (κ1) is 10.7. The van der Waals surface area contributed by atoms with E-state index in [4.69, 9.17) is 17.3 Å². The van der Waals surface area contributed by atoms with Gasteiger partial charge in [-0.1, -0.05) is 23.7 Å². The Bertz CT molecular complexity index is 570. The smallest absolute Gasteiger partial charge is 0.131 e. The van der Waals surface area contributed by atoms with Gasteiger partial charge in [0.15, 0.2) is 0 Å². The summed E-state index contributed by atoms with van der Waals surface area (Å²) >= 11 is 6.12. The number of benzene rings is 1. The molecule has 0 aliphatic heterocycles. The third-order valence-corrected chi connectivity index (χ3v) is 3.62. The van der Waals surface area contributed by atoms with Crippen LogP contribution in [0.3, 0.4) is 0 Å². The van der Waals surface area contributed by atoms with Gasteiger partial charge in [0.25, 0.3) is 0 Å². The van der Waals surface area contributed by atoms with Gasteiger partial charge < -0.3 is 10.3 Å². The molecular weight excluding hydrogens is 234 g/mol. The molecule has 1 fully saturated rings. The summed E-state index contributed by atoms with van der Waals surface area (Å²) in [5.74, 6) is 0.743. The zero-order valence-corrected chi connectivity index (χ0v) is 10.4. The molecule has 0 spiro atoms. The number of nitrogen functional groups attached to an aromatic ring is 1. The molecule has 17 heavy (non-hydrogen) atoms. The second-order valence-electron chi connectivity index (χ2n) is 4.58. The van der Waals surface area contributed by atoms with E-state index in [1.165, 1.54) is 12.8 Å². The SMILES string of the molecule is Cc1ccc(-c2ncn(C3CC3)c2N)cc1Cl. The highest BCUT2D eigenvalue weighted by Gasteiger charge is 2.26. The minimum atomic E-state index is 0.553. The number of aromatic nitrogens is 2. The first-order valence-electron chi connectivity index (χ1n) is 5.75. The first-order chi connectivity index (χ1) is 8.16. The van der Waals surface area contributed by atoms with E-state index in [-0.39, 0.29) is 0 Å². The normalized spacial score (nSPS) is 15.2. The molecule has 0 saturated heterocycles. The fourth-order valence-electron chi connectivity index (χ4n) is 1.98. The molecule has 0 unspecified atom stereocenters. The van der Waals surface area contributed by atoms with Crippen molar-refractivity contribution in [1.29, 1.82) is 0 Å². The summed E-state index contributed by atoms with van der Waals surface area (Å²) in [5, 5.41) is 0.753. The molecule has 2 N–H and O–H groups in total. The Kier molecular flexibility index (Phi) is 2.37. The van der Waals surface area contributed by atoms with E-state index in [2.05, 4.69) is 9.55 Å². The van der Waals surface area contributed by atoms with Crippen molar-refractivity contribution in [3.8, 4) is 11.3 Å². The predicted molar refractivity (Wildman–Crippen MR) is 70.1 cm³/mol. The summed E-state index contributed by atoms with van der Waals surface area (Å²) in [6.07, 6.45) is 4.24. The number of halogens is 1. The second-order valence-corrected chi connectivity index (χ2v) is 4.99. The molecule has 0 bridgehead atoms. The van der Waals surface area contributed by atoms with Gasteiger partial charge in [0.05, 0.1) is 6.33 Å². The van der Waals surface area contributed by atoms with E-state index >= 15 is 0 Å². The number of imidazole rings is 1. The zero-order valence-electron chi connectivity index (χ0n) is 9.65. The van der Waals surface area contributed by atoms with Gasteiger partial charge in [0.1, 0.15) is 11.5 Å². The summed E-state index contributed by atoms with van der Waals surface area (Å²) in [4.78, 5) is 4.40. The van der Waals surface area contributed by atoms with Crippen molar-refractivity contribution in [1.82, 2.24) is 9.55 Å². The van der Waals surface area contributed by atoms with Gasteiger partial charge in [-0.2, -0.15) is 0 Å². The summed E-state index contributed by atoms with van der Waals surface area (Å²) in [6, 6.07) is 6.48. The molecule has 1 aliphatic rings. The van der Waals surface area contributed by atoms with Crippen LogP contribution in [0, 0.1) is 6.92 Å². The Morgan fingerprint density at radius 3 is 2.82 bits per heavy atom. The van der Waals surface area contributed by atoms with Crippen LogP contribution in [-0.2, 0) is 0 Å². The maximum Gasteiger partial charge on any atom is 0.131 e. The number of aryl methyl sites for hydroxylation is 1. The van der Waals surface area contributed by atoms with Gasteiger partial charge >= 0.3 is 0 Å². The number of nitrogens with zero attached hydrogens (tertiary/aromatic N) is 2. The van der Waals surface area contributed by atoms with Crippen LogP contribution in [0.25, 0.3) is 11.3 Å². The zero-order chi connectivity index (χ0) is 12.0. The van der Waals surface area contributed by atoms with Gasteiger partial charge in [0.2, 0.25) is 0 Å². The summed E-state index contributed by atoms with van der Waals surface area (Å²) in [5.41, 5.74) is 9.00. The number of rotatable bonds is 2. The molecule has 2 aromatic rings. The highest BCUT2D eigenvalue weighted by Crippen LogP contribution is 2.39. The van der Waals surface area contributed by atoms with Crippen molar-refractivity contribution >= 4 is 17.4 Å². The first-order valence-corrected chi connectivity index (χ1v) is 6.13. The fourth-order valence-corrected chi connectivity index (χ4v) is 2.16. The van der Waals surface area contributed by atoms with Crippen molar-refractivity contribution in [2.24, 2.45) is 0 Å². The largest absolute Gasteiger partial charge is 0.383 e. The number of anilines is 1. The monoisotopic (exact) mass is 247 g/mol. The van der Waals surface area contributed by atoms with Crippen LogP contribution in [-0.4, -0.2) is 9.55 Å². The van der Waals surface area contributed by atoms with E-state index in [9.17, 15) is 0 Å². The van der Waals surface area contributed by atoms with E-state index in [0.717, 1.165) is 27.7 Å². The molecule has 4 heteroatoms. The number of hydrogen-bond acceptors (Lipinski definition) is 2. The molecule has 1 aromatic carbocycles. The minimum Gasteiger partial charge on any atom is -0.383 e. The molecule has 3 nitrogen and oxygen atoms in total. The van der Waals surface area contributed by atoms with E-state index in [0.29, 0.717) is 6.04 Å². The highest BCUT2D eigenvalue weighted by atomic mass is 35.5.